The van der Waals surface area contributed by atoms with Crippen molar-refractivity contribution in [1.82, 2.24) is 0 Å². The van der Waals surface area contributed by atoms with Gasteiger partial charge in [0, 0.05) is 0 Å². The first-order chi connectivity index (χ1) is 10.3. The Hall–Kier alpha value is -1.69. The highest BCUT2D eigenvalue weighted by molar-refractivity contribution is 14.2. The smallest absolute Gasteiger partial charge is 0.343 e. The van der Waals surface area contributed by atoms with Gasteiger partial charge in [0.15, 0.2) is 5.04 Å². The predicted molar refractivity (Wildman–Crippen MR) is 86.9 cm³/mol. The van der Waals surface area contributed by atoms with Crippen molar-refractivity contribution >= 4 is 51.6 Å². The van der Waals surface area contributed by atoms with Gasteiger partial charge in [-0.3, -0.25) is 4.72 Å². The summed E-state index contributed by atoms with van der Waals surface area (Å²) in [7, 11) is -3.08. The van der Waals surface area contributed by atoms with Gasteiger partial charge in [-0.15, -0.1) is 0 Å². The molecule has 0 saturated heterocycles. The molecule has 2 rings (SSSR count). The summed E-state index contributed by atoms with van der Waals surface area (Å²) < 4.78 is 60.9. The van der Waals surface area contributed by atoms with Gasteiger partial charge in [0.2, 0.25) is 0 Å². The number of rotatable bonds is 3. The van der Waals surface area contributed by atoms with Crippen LogP contribution in [0.15, 0.2) is 27.3 Å². The molecule has 118 valence electrons. The molecule has 1 N–H and O–H groups in total. The van der Waals surface area contributed by atoms with Crippen molar-refractivity contribution in [2.75, 3.05) is 11.8 Å². The molecule has 1 aromatic rings. The first-order valence-corrected chi connectivity index (χ1v) is 9.61. The van der Waals surface area contributed by atoms with Crippen LogP contribution in [0.4, 0.5) is 14.5 Å². The number of nitrogens with zero attached hydrogens (tertiary/aromatic N) is 1. The van der Waals surface area contributed by atoms with Gasteiger partial charge in [0.1, 0.15) is 17.2 Å². The fourth-order valence-electron chi connectivity index (χ4n) is 1.54. The highest BCUT2D eigenvalue weighted by atomic mass is 127. The van der Waals surface area contributed by atoms with Crippen LogP contribution in [0.2, 0.25) is 0 Å². The molecule has 0 fully saturated rings. The first kappa shape index (κ1) is 16.7. The lowest BCUT2D eigenvalue weighted by Crippen LogP contribution is -2.22. The molecule has 1 heterocycles. The Bertz CT molecular complexity index is 795. The number of hydrogen-bond donors (Lipinski definition) is 1. The molecule has 1 aliphatic rings. The molecule has 0 unspecified atom stereocenters. The average Bonchev–Trinajstić information content (AvgIpc) is 2.46. The summed E-state index contributed by atoms with van der Waals surface area (Å²) in [6, 6.07) is 1.38. The fraction of sp³-hybridized carbons (Fsp3) is 0.0833. The monoisotopic (exact) mass is 442 g/mol. The number of sulfonamides is 1. The van der Waals surface area contributed by atoms with Crippen LogP contribution in [-0.2, 0) is 14.8 Å². The number of carbonyl (C=O) groups excluding carboxylic acids is 1. The van der Waals surface area contributed by atoms with Crippen LogP contribution in [0.25, 0.3) is 0 Å². The fourth-order valence-corrected chi connectivity index (χ4v) is 4.14. The third-order valence-corrected chi connectivity index (χ3v) is 5.14. The predicted octanol–water partition coefficient (Wildman–Crippen LogP) is 2.15. The molecule has 0 spiro atoms. The summed E-state index contributed by atoms with van der Waals surface area (Å²) in [6.45, 7) is 0. The van der Waals surface area contributed by atoms with Crippen LogP contribution in [0.1, 0.15) is 10.4 Å². The third-order valence-electron chi connectivity index (χ3n) is 2.47. The second-order valence-corrected chi connectivity index (χ2v) is 7.52. The van der Waals surface area contributed by atoms with Crippen LogP contribution in [0, 0.1) is 11.6 Å². The van der Waals surface area contributed by atoms with Gasteiger partial charge in [-0.1, -0.05) is 20.7 Å². The van der Waals surface area contributed by atoms with Crippen molar-refractivity contribution < 1.29 is 26.7 Å². The Morgan fingerprint density at radius 2 is 1.95 bits per heavy atom. The van der Waals surface area contributed by atoms with E-state index in [1.807, 2.05) is 4.72 Å². The van der Waals surface area contributed by atoms with E-state index in [1.165, 1.54) is 10.2 Å². The number of hydrogen-bond acceptors (Lipinski definition) is 5. The molecular formula is C12H9F2IN2O4S. The van der Waals surface area contributed by atoms with Crippen molar-refractivity contribution in [2.45, 2.75) is 0 Å². The van der Waals surface area contributed by atoms with Crippen molar-refractivity contribution in [3.63, 3.8) is 0 Å². The van der Waals surface area contributed by atoms with Crippen molar-refractivity contribution in [3.05, 3.63) is 39.5 Å². The zero-order chi connectivity index (χ0) is 16.3. The summed E-state index contributed by atoms with van der Waals surface area (Å²) >= 11 is -0.403. The molecule has 0 saturated carbocycles. The molecule has 0 aliphatic carbocycles. The van der Waals surface area contributed by atoms with Gasteiger partial charge in [-0.2, -0.15) is 8.42 Å². The van der Waals surface area contributed by atoms with E-state index in [1.54, 1.807) is 4.08 Å². The number of anilines is 1. The minimum Gasteiger partial charge on any atom is -0.465 e. The highest BCUT2D eigenvalue weighted by Crippen LogP contribution is 2.21. The molecule has 1 aliphatic heterocycles. The van der Waals surface area contributed by atoms with Crippen molar-refractivity contribution in [2.24, 2.45) is 4.99 Å². The van der Waals surface area contributed by atoms with Crippen LogP contribution in [0.3, 0.4) is 0 Å². The number of nitrogens with one attached hydrogen (secondary N) is 1. The van der Waals surface area contributed by atoms with Gasteiger partial charge in [-0.25, -0.2) is 18.6 Å². The number of ether oxygens (including phenoxy) is 1. The lowest BCUT2D eigenvalue weighted by atomic mass is 10.2. The summed E-state index contributed by atoms with van der Waals surface area (Å²) in [5.41, 5.74) is -1.25. The highest BCUT2D eigenvalue weighted by Gasteiger charge is 2.22. The molecule has 0 atom stereocenters. The Balaban J connectivity index is 2.35. The minimum atomic E-state index is -4.06. The largest absolute Gasteiger partial charge is 0.465 e. The summed E-state index contributed by atoms with van der Waals surface area (Å²) in [4.78, 5) is 15.0. The standard InChI is InChI=1S/C12H9F2IN2O4S/c1-21-12(18)11-8(13)4-7(5-9(11)14)17-22(19,20)10-2-3-15-6-16-10/h2-6,17H,1H3. The van der Waals surface area contributed by atoms with Crippen LogP contribution in [-0.4, -0.2) is 30.7 Å². The van der Waals surface area contributed by atoms with Gasteiger partial charge < -0.3 is 4.74 Å². The number of methoxy groups -OCH3 is 1. The topological polar surface area (TPSA) is 84.8 Å². The second-order valence-electron chi connectivity index (χ2n) is 3.90. The number of esters is 1. The molecule has 0 bridgehead atoms. The van der Waals surface area contributed by atoms with Gasteiger partial charge in [0.25, 0.3) is 10.0 Å². The van der Waals surface area contributed by atoms with E-state index in [2.05, 4.69) is 9.73 Å². The average molecular weight is 442 g/mol. The molecule has 10 heteroatoms. The Kier molecular flexibility index (Phi) is 5.01. The molecule has 0 amide bonds. The first-order valence-electron chi connectivity index (χ1n) is 5.63. The van der Waals surface area contributed by atoms with E-state index in [-0.39, 0.29) is 10.7 Å². The minimum absolute atomic E-state index is 0.253. The molecule has 0 aromatic heterocycles. The van der Waals surface area contributed by atoms with Crippen LogP contribution >= 0.6 is 20.7 Å². The van der Waals surface area contributed by atoms with Crippen molar-refractivity contribution in [3.8, 4) is 0 Å². The third kappa shape index (κ3) is 3.55. The van der Waals surface area contributed by atoms with Gasteiger partial charge >= 0.3 is 5.97 Å². The van der Waals surface area contributed by atoms with E-state index in [9.17, 15) is 22.0 Å². The quantitative estimate of drug-likeness (QED) is 0.575. The second kappa shape index (κ2) is 6.60. The molecule has 0 radical (unpaired) electrons. The Morgan fingerprint density at radius 1 is 1.32 bits per heavy atom. The maximum Gasteiger partial charge on any atom is 0.343 e. The maximum absolute atomic E-state index is 13.7. The van der Waals surface area contributed by atoms with Crippen LogP contribution in [0.5, 0.6) is 0 Å². The lowest BCUT2D eigenvalue weighted by molar-refractivity contribution is 0.0590. The zero-order valence-corrected chi connectivity index (χ0v) is 14.0. The molecule has 1 aromatic carbocycles. The van der Waals surface area contributed by atoms with Crippen molar-refractivity contribution in [1.29, 1.82) is 0 Å². The summed E-state index contributed by atoms with van der Waals surface area (Å²) in [5, 5.41) is -0.253. The number of carbonyl (C=O) groups is 1. The number of benzene rings is 1. The van der Waals surface area contributed by atoms with Gasteiger partial charge in [-0.05, 0) is 22.3 Å². The lowest BCUT2D eigenvalue weighted by Gasteiger charge is -2.10. The summed E-state index contributed by atoms with van der Waals surface area (Å²) in [6.07, 6.45) is 1.32. The normalized spacial score (nSPS) is 14.0. The Labute approximate surface area is 134 Å². The zero-order valence-electron chi connectivity index (χ0n) is 11.0. The van der Waals surface area contributed by atoms with E-state index in [4.69, 9.17) is 0 Å². The Morgan fingerprint density at radius 3 is 2.45 bits per heavy atom. The molecular weight excluding hydrogens is 433 g/mol. The van der Waals surface area contributed by atoms with Gasteiger partial charge in [0.05, 0.1) is 16.9 Å². The van der Waals surface area contributed by atoms with E-state index < -0.39 is 53.9 Å². The van der Waals surface area contributed by atoms with Crippen LogP contribution < -0.4 is 4.72 Å². The molecule has 22 heavy (non-hydrogen) atoms. The SMILES string of the molecule is COC(=O)c1c(F)cc(NS(=O)(=O)C2=NC=IC=C2)cc1F. The molecule has 6 nitrogen and oxygen atoms in total. The summed E-state index contributed by atoms with van der Waals surface area (Å²) in [5.74, 6) is -3.66. The maximum atomic E-state index is 13.7. The number of halogens is 3. The number of aliphatic imine (C=N–C) groups is 1. The van der Waals surface area contributed by atoms with E-state index in [0.717, 1.165) is 7.11 Å². The van der Waals surface area contributed by atoms with E-state index >= 15 is 0 Å². The van der Waals surface area contributed by atoms with E-state index in [0.29, 0.717) is 12.1 Å².